The number of methoxy groups -OCH3 is 2. The van der Waals surface area contributed by atoms with Crippen LogP contribution < -0.4 is 9.47 Å². The van der Waals surface area contributed by atoms with Gasteiger partial charge in [0.1, 0.15) is 11.5 Å². The molecule has 1 N–H and O–H groups in total. The third-order valence-corrected chi connectivity index (χ3v) is 1.89. The Bertz CT molecular complexity index is 416. The minimum atomic E-state index is -1.08. The van der Waals surface area contributed by atoms with E-state index in [1.807, 2.05) is 0 Å². The number of hydrogen-bond donors (Lipinski definition) is 1. The van der Waals surface area contributed by atoms with Crippen molar-refractivity contribution in [3.63, 3.8) is 0 Å². The van der Waals surface area contributed by atoms with Gasteiger partial charge in [-0.05, 0) is 18.2 Å². The molecule has 92 valence electrons. The summed E-state index contributed by atoms with van der Waals surface area (Å²) in [5.41, 5.74) is 0.636. The summed E-state index contributed by atoms with van der Waals surface area (Å²) in [5.74, 6) is 0.152. The lowest BCUT2D eigenvalue weighted by molar-refractivity contribution is -0.142. The molecule has 1 rings (SSSR count). The van der Waals surface area contributed by atoms with Crippen LogP contribution in [0.5, 0.6) is 11.5 Å². The standard InChI is InChI=1S/C11H13NO5/c1-15-9-3-4-10(16-2)8(5-9)6-12-17-7-11(13)14/h3-6H,7H2,1-2H3,(H,13,14). The van der Waals surface area contributed by atoms with Crippen LogP contribution >= 0.6 is 0 Å². The van der Waals surface area contributed by atoms with Crippen molar-refractivity contribution in [1.82, 2.24) is 0 Å². The summed E-state index contributed by atoms with van der Waals surface area (Å²) in [6.07, 6.45) is 1.37. The summed E-state index contributed by atoms with van der Waals surface area (Å²) in [7, 11) is 3.07. The highest BCUT2D eigenvalue weighted by molar-refractivity contribution is 5.84. The van der Waals surface area contributed by atoms with E-state index in [0.29, 0.717) is 17.1 Å². The molecule has 0 radical (unpaired) electrons. The molecule has 0 bridgehead atoms. The Morgan fingerprint density at radius 2 is 2.18 bits per heavy atom. The number of carboxylic acid groups (broad SMARTS) is 1. The number of ether oxygens (including phenoxy) is 2. The van der Waals surface area contributed by atoms with Gasteiger partial charge in [0.25, 0.3) is 0 Å². The largest absolute Gasteiger partial charge is 0.497 e. The third-order valence-electron chi connectivity index (χ3n) is 1.89. The van der Waals surface area contributed by atoms with Crippen LogP contribution in [-0.2, 0) is 9.63 Å². The fraction of sp³-hybridized carbons (Fsp3) is 0.273. The zero-order chi connectivity index (χ0) is 12.7. The molecule has 1 aromatic carbocycles. The van der Waals surface area contributed by atoms with Crippen molar-refractivity contribution in [2.24, 2.45) is 5.16 Å². The van der Waals surface area contributed by atoms with Crippen LogP contribution in [0.1, 0.15) is 5.56 Å². The van der Waals surface area contributed by atoms with Gasteiger partial charge in [-0.25, -0.2) is 4.79 Å². The highest BCUT2D eigenvalue weighted by Gasteiger charge is 2.02. The highest BCUT2D eigenvalue weighted by Crippen LogP contribution is 2.22. The topological polar surface area (TPSA) is 77.3 Å². The van der Waals surface area contributed by atoms with Crippen LogP contribution in [0, 0.1) is 0 Å². The van der Waals surface area contributed by atoms with Crippen LogP contribution in [0.3, 0.4) is 0 Å². The van der Waals surface area contributed by atoms with Crippen molar-refractivity contribution in [2.45, 2.75) is 0 Å². The van der Waals surface area contributed by atoms with E-state index in [4.69, 9.17) is 14.6 Å². The summed E-state index contributed by atoms with van der Waals surface area (Å²) in [6.45, 7) is -0.483. The quantitative estimate of drug-likeness (QED) is 0.595. The fourth-order valence-electron chi connectivity index (χ4n) is 1.13. The molecule has 0 heterocycles. The fourth-order valence-corrected chi connectivity index (χ4v) is 1.13. The maximum atomic E-state index is 10.2. The number of carbonyl (C=O) groups is 1. The minimum Gasteiger partial charge on any atom is -0.497 e. The van der Waals surface area contributed by atoms with Gasteiger partial charge in [-0.2, -0.15) is 0 Å². The molecule has 1 aromatic rings. The second-order valence-electron chi connectivity index (χ2n) is 3.01. The second-order valence-corrected chi connectivity index (χ2v) is 3.01. The Balaban J connectivity index is 2.76. The molecule has 0 unspecified atom stereocenters. The van der Waals surface area contributed by atoms with Gasteiger partial charge in [-0.1, -0.05) is 5.16 Å². The van der Waals surface area contributed by atoms with Gasteiger partial charge in [0.15, 0.2) is 0 Å². The van der Waals surface area contributed by atoms with E-state index in [1.54, 1.807) is 25.3 Å². The molecule has 0 atom stereocenters. The Kier molecular flexibility index (Phi) is 4.80. The number of benzene rings is 1. The monoisotopic (exact) mass is 239 g/mol. The number of nitrogens with zero attached hydrogens (tertiary/aromatic N) is 1. The first kappa shape index (κ1) is 12.8. The lowest BCUT2D eigenvalue weighted by atomic mass is 10.2. The molecule has 0 aliphatic rings. The van der Waals surface area contributed by atoms with Crippen LogP contribution in [0.4, 0.5) is 0 Å². The van der Waals surface area contributed by atoms with E-state index in [1.165, 1.54) is 13.3 Å². The average Bonchev–Trinajstić information content (AvgIpc) is 2.34. The van der Waals surface area contributed by atoms with Crippen molar-refractivity contribution in [3.05, 3.63) is 23.8 Å². The zero-order valence-corrected chi connectivity index (χ0v) is 9.54. The van der Waals surface area contributed by atoms with Crippen LogP contribution in [-0.4, -0.2) is 38.1 Å². The molecule has 6 heteroatoms. The lowest BCUT2D eigenvalue weighted by Crippen LogP contribution is -2.03. The molecular weight excluding hydrogens is 226 g/mol. The molecule has 0 fully saturated rings. The lowest BCUT2D eigenvalue weighted by Gasteiger charge is -2.06. The number of aliphatic carboxylic acids is 1. The summed E-state index contributed by atoms with van der Waals surface area (Å²) < 4.78 is 10.2. The Morgan fingerprint density at radius 1 is 1.41 bits per heavy atom. The molecular formula is C11H13NO5. The first-order valence-electron chi connectivity index (χ1n) is 4.76. The van der Waals surface area contributed by atoms with Crippen molar-refractivity contribution >= 4 is 12.2 Å². The molecule has 0 spiro atoms. The van der Waals surface area contributed by atoms with Crippen LogP contribution in [0.25, 0.3) is 0 Å². The van der Waals surface area contributed by atoms with E-state index >= 15 is 0 Å². The van der Waals surface area contributed by atoms with Gasteiger partial charge in [0.2, 0.25) is 6.61 Å². The smallest absolute Gasteiger partial charge is 0.344 e. The van der Waals surface area contributed by atoms with Gasteiger partial charge >= 0.3 is 5.97 Å². The summed E-state index contributed by atoms with van der Waals surface area (Å²) in [6, 6.07) is 5.16. The predicted octanol–water partition coefficient (Wildman–Crippen LogP) is 1.14. The van der Waals surface area contributed by atoms with Crippen molar-refractivity contribution in [3.8, 4) is 11.5 Å². The van der Waals surface area contributed by atoms with Crippen LogP contribution in [0.15, 0.2) is 23.4 Å². The van der Waals surface area contributed by atoms with E-state index in [9.17, 15) is 4.79 Å². The number of rotatable bonds is 6. The average molecular weight is 239 g/mol. The number of carboxylic acids is 1. The zero-order valence-electron chi connectivity index (χ0n) is 9.54. The van der Waals surface area contributed by atoms with Crippen molar-refractivity contribution < 1.29 is 24.2 Å². The first-order chi connectivity index (χ1) is 8.17. The van der Waals surface area contributed by atoms with E-state index in [2.05, 4.69) is 9.99 Å². The number of hydrogen-bond acceptors (Lipinski definition) is 5. The molecule has 0 saturated carbocycles. The van der Waals surface area contributed by atoms with E-state index < -0.39 is 12.6 Å². The highest BCUT2D eigenvalue weighted by atomic mass is 16.6. The molecule has 0 aliphatic carbocycles. The van der Waals surface area contributed by atoms with Gasteiger partial charge in [0, 0.05) is 5.56 Å². The minimum absolute atomic E-state index is 0.483. The van der Waals surface area contributed by atoms with Gasteiger partial charge in [-0.15, -0.1) is 0 Å². The predicted molar refractivity (Wildman–Crippen MR) is 60.7 cm³/mol. The van der Waals surface area contributed by atoms with E-state index in [0.717, 1.165) is 0 Å². The van der Waals surface area contributed by atoms with Gasteiger partial charge in [-0.3, -0.25) is 0 Å². The molecule has 0 aromatic heterocycles. The molecule has 6 nitrogen and oxygen atoms in total. The van der Waals surface area contributed by atoms with Gasteiger partial charge in [0.05, 0.1) is 20.4 Å². The summed E-state index contributed by atoms with van der Waals surface area (Å²) in [4.78, 5) is 14.7. The SMILES string of the molecule is COc1ccc(OC)c(C=NOCC(=O)O)c1. The van der Waals surface area contributed by atoms with Crippen molar-refractivity contribution in [1.29, 1.82) is 0 Å². The Morgan fingerprint density at radius 3 is 2.76 bits per heavy atom. The number of oxime groups is 1. The Labute approximate surface area is 98.4 Å². The molecule has 0 amide bonds. The molecule has 0 aliphatic heterocycles. The second kappa shape index (κ2) is 6.37. The third kappa shape index (κ3) is 4.02. The van der Waals surface area contributed by atoms with Gasteiger partial charge < -0.3 is 19.4 Å². The molecule has 0 saturated heterocycles. The summed E-state index contributed by atoms with van der Waals surface area (Å²) in [5, 5.41) is 11.9. The van der Waals surface area contributed by atoms with Crippen molar-refractivity contribution in [2.75, 3.05) is 20.8 Å². The molecule has 17 heavy (non-hydrogen) atoms. The maximum absolute atomic E-state index is 10.2. The van der Waals surface area contributed by atoms with Crippen LogP contribution in [0.2, 0.25) is 0 Å². The van der Waals surface area contributed by atoms with E-state index in [-0.39, 0.29) is 0 Å². The Hall–Kier alpha value is -2.24. The normalized spacial score (nSPS) is 10.2. The summed E-state index contributed by atoms with van der Waals surface area (Å²) >= 11 is 0. The first-order valence-corrected chi connectivity index (χ1v) is 4.76. The maximum Gasteiger partial charge on any atom is 0.344 e.